The summed E-state index contributed by atoms with van der Waals surface area (Å²) < 4.78 is 10.8. The first-order valence-corrected chi connectivity index (χ1v) is 8.32. The van der Waals surface area contributed by atoms with Crippen molar-refractivity contribution in [2.75, 3.05) is 0 Å². The third-order valence-corrected chi connectivity index (χ3v) is 4.03. The number of hydrogen-bond donors (Lipinski definition) is 1. The molecule has 1 amide bonds. The second kappa shape index (κ2) is 6.19. The van der Waals surface area contributed by atoms with Gasteiger partial charge >= 0.3 is 5.97 Å². The number of aromatic nitrogens is 1. The SMILES string of the molecule is Cc1noc2c1-c1ccc(Cl)cc1C(=O)NC2CC(=O)OC(C)(C)C. The lowest BCUT2D eigenvalue weighted by Crippen LogP contribution is -2.31. The normalized spacial score (nSPS) is 16.5. The molecule has 0 saturated carbocycles. The molecule has 25 heavy (non-hydrogen) atoms. The van der Waals surface area contributed by atoms with Crippen LogP contribution in [0.4, 0.5) is 0 Å². The molecule has 132 valence electrons. The molecule has 1 aliphatic heterocycles. The third kappa shape index (κ3) is 3.54. The largest absolute Gasteiger partial charge is 0.460 e. The summed E-state index contributed by atoms with van der Waals surface area (Å²) in [5.41, 5.74) is 1.85. The third-order valence-electron chi connectivity index (χ3n) is 3.80. The summed E-state index contributed by atoms with van der Waals surface area (Å²) in [6, 6.07) is 4.40. The van der Waals surface area contributed by atoms with Gasteiger partial charge in [-0.3, -0.25) is 9.59 Å². The monoisotopic (exact) mass is 362 g/mol. The number of hydrogen-bond acceptors (Lipinski definition) is 5. The maximum atomic E-state index is 12.6. The molecule has 0 aliphatic carbocycles. The zero-order valence-corrected chi connectivity index (χ0v) is 15.2. The van der Waals surface area contributed by atoms with Crippen LogP contribution in [0.1, 0.15) is 55.0 Å². The summed E-state index contributed by atoms with van der Waals surface area (Å²) in [5, 5.41) is 7.28. The number of ether oxygens (including phenoxy) is 1. The summed E-state index contributed by atoms with van der Waals surface area (Å²) in [6.07, 6.45) is -0.0492. The lowest BCUT2D eigenvalue weighted by atomic mass is 9.97. The van der Waals surface area contributed by atoms with Gasteiger partial charge in [0, 0.05) is 16.1 Å². The van der Waals surface area contributed by atoms with Crippen molar-refractivity contribution in [1.82, 2.24) is 10.5 Å². The fraction of sp³-hybridized carbons (Fsp3) is 0.389. The molecule has 1 unspecified atom stereocenters. The van der Waals surface area contributed by atoms with Crippen LogP contribution in [0.2, 0.25) is 5.02 Å². The number of carbonyl (C=O) groups is 2. The van der Waals surface area contributed by atoms with E-state index in [1.165, 1.54) is 0 Å². The highest BCUT2D eigenvalue weighted by atomic mass is 35.5. The number of nitrogens with zero attached hydrogens (tertiary/aromatic N) is 1. The van der Waals surface area contributed by atoms with E-state index in [0.717, 1.165) is 0 Å². The molecule has 2 heterocycles. The van der Waals surface area contributed by atoms with Gasteiger partial charge in [-0.1, -0.05) is 22.8 Å². The van der Waals surface area contributed by atoms with Gasteiger partial charge in [-0.2, -0.15) is 0 Å². The van der Waals surface area contributed by atoms with E-state index < -0.39 is 17.6 Å². The Balaban J connectivity index is 2.02. The van der Waals surface area contributed by atoms with Crippen LogP contribution in [-0.2, 0) is 9.53 Å². The van der Waals surface area contributed by atoms with Gasteiger partial charge in [0.25, 0.3) is 5.91 Å². The van der Waals surface area contributed by atoms with Crippen LogP contribution in [0.25, 0.3) is 11.1 Å². The van der Waals surface area contributed by atoms with Crippen molar-refractivity contribution in [2.24, 2.45) is 0 Å². The lowest BCUT2D eigenvalue weighted by Gasteiger charge is -2.21. The zero-order chi connectivity index (χ0) is 18.4. The van der Waals surface area contributed by atoms with Crippen molar-refractivity contribution >= 4 is 23.5 Å². The predicted molar refractivity (Wildman–Crippen MR) is 92.4 cm³/mol. The van der Waals surface area contributed by atoms with Gasteiger partial charge in [0.1, 0.15) is 11.6 Å². The van der Waals surface area contributed by atoms with Gasteiger partial charge in [-0.25, -0.2) is 0 Å². The Morgan fingerprint density at radius 1 is 1.36 bits per heavy atom. The average Bonchev–Trinajstić information content (AvgIpc) is 2.81. The number of aryl methyl sites for hydroxylation is 1. The van der Waals surface area contributed by atoms with Crippen molar-refractivity contribution in [3.05, 3.63) is 40.2 Å². The predicted octanol–water partition coefficient (Wildman–Crippen LogP) is 3.82. The second-order valence-electron chi connectivity index (χ2n) is 7.01. The van der Waals surface area contributed by atoms with Crippen LogP contribution in [0.3, 0.4) is 0 Å². The molecule has 1 aromatic carbocycles. The Morgan fingerprint density at radius 3 is 2.76 bits per heavy atom. The molecule has 0 radical (unpaired) electrons. The van der Waals surface area contributed by atoms with Gasteiger partial charge in [0.2, 0.25) is 0 Å². The van der Waals surface area contributed by atoms with E-state index in [2.05, 4.69) is 10.5 Å². The first-order chi connectivity index (χ1) is 11.7. The number of carbonyl (C=O) groups excluding carboxylic acids is 2. The molecule has 3 rings (SSSR count). The van der Waals surface area contributed by atoms with Crippen LogP contribution in [0.15, 0.2) is 22.7 Å². The minimum Gasteiger partial charge on any atom is -0.460 e. The summed E-state index contributed by atoms with van der Waals surface area (Å²) in [4.78, 5) is 24.9. The lowest BCUT2D eigenvalue weighted by molar-refractivity contribution is -0.155. The number of nitrogens with one attached hydrogen (secondary N) is 1. The Hall–Kier alpha value is -2.34. The van der Waals surface area contributed by atoms with Crippen molar-refractivity contribution < 1.29 is 18.8 Å². The molecule has 2 aromatic rings. The minimum atomic E-state index is -0.662. The van der Waals surface area contributed by atoms with Crippen LogP contribution in [0.5, 0.6) is 0 Å². The summed E-state index contributed by atoms with van der Waals surface area (Å²) in [5.74, 6) is -0.309. The van der Waals surface area contributed by atoms with Gasteiger partial charge < -0.3 is 14.6 Å². The number of halogens is 1. The van der Waals surface area contributed by atoms with E-state index in [0.29, 0.717) is 33.2 Å². The maximum Gasteiger partial charge on any atom is 0.308 e. The number of amides is 1. The van der Waals surface area contributed by atoms with E-state index in [1.54, 1.807) is 45.9 Å². The fourth-order valence-corrected chi connectivity index (χ4v) is 3.04. The van der Waals surface area contributed by atoms with Crippen LogP contribution >= 0.6 is 11.6 Å². The van der Waals surface area contributed by atoms with Crippen molar-refractivity contribution in [1.29, 1.82) is 0 Å². The second-order valence-corrected chi connectivity index (χ2v) is 7.45. The first kappa shape index (κ1) is 17.5. The van der Waals surface area contributed by atoms with Crippen molar-refractivity contribution in [3.8, 4) is 11.1 Å². The Bertz CT molecular complexity index is 851. The molecule has 1 N–H and O–H groups in total. The zero-order valence-electron chi connectivity index (χ0n) is 14.5. The Kier molecular flexibility index (Phi) is 4.33. The molecular formula is C18H19ClN2O4. The molecule has 0 fully saturated rings. The average molecular weight is 363 g/mol. The highest BCUT2D eigenvalue weighted by molar-refractivity contribution is 6.31. The summed E-state index contributed by atoms with van der Waals surface area (Å²) >= 11 is 6.04. The topological polar surface area (TPSA) is 81.4 Å². The van der Waals surface area contributed by atoms with E-state index in [-0.39, 0.29) is 12.3 Å². The molecular weight excluding hydrogens is 344 g/mol. The van der Waals surface area contributed by atoms with Gasteiger partial charge in [-0.05, 0) is 39.8 Å². The van der Waals surface area contributed by atoms with E-state index >= 15 is 0 Å². The summed E-state index contributed by atoms with van der Waals surface area (Å²) in [7, 11) is 0. The molecule has 1 aromatic heterocycles. The van der Waals surface area contributed by atoms with Crippen LogP contribution in [0, 0.1) is 6.92 Å². The molecule has 7 heteroatoms. The van der Waals surface area contributed by atoms with E-state index in [9.17, 15) is 9.59 Å². The number of benzene rings is 1. The standard InChI is InChI=1S/C18H19ClN2O4/c1-9-15-11-6-5-10(19)7-12(11)17(23)20-13(16(15)25-21-9)8-14(22)24-18(2,3)4/h5-7,13H,8H2,1-4H3,(H,20,23). The quantitative estimate of drug-likeness (QED) is 0.821. The highest BCUT2D eigenvalue weighted by Gasteiger charge is 2.34. The molecule has 6 nitrogen and oxygen atoms in total. The van der Waals surface area contributed by atoms with Gasteiger partial charge in [0.05, 0.1) is 17.7 Å². The highest BCUT2D eigenvalue weighted by Crippen LogP contribution is 2.38. The molecule has 0 bridgehead atoms. The Labute approximate surface area is 150 Å². The molecule has 0 spiro atoms. The van der Waals surface area contributed by atoms with Gasteiger partial charge in [0.15, 0.2) is 5.76 Å². The van der Waals surface area contributed by atoms with Crippen molar-refractivity contribution in [3.63, 3.8) is 0 Å². The summed E-state index contributed by atoms with van der Waals surface area (Å²) in [6.45, 7) is 7.16. The van der Waals surface area contributed by atoms with Crippen LogP contribution < -0.4 is 5.32 Å². The molecule has 1 aliphatic rings. The van der Waals surface area contributed by atoms with Crippen molar-refractivity contribution in [2.45, 2.75) is 45.8 Å². The number of esters is 1. The minimum absolute atomic E-state index is 0.0492. The maximum absolute atomic E-state index is 12.6. The molecule has 0 saturated heterocycles. The Morgan fingerprint density at radius 2 is 2.08 bits per heavy atom. The first-order valence-electron chi connectivity index (χ1n) is 7.94. The fourth-order valence-electron chi connectivity index (χ4n) is 2.87. The number of rotatable bonds is 2. The van der Waals surface area contributed by atoms with E-state index in [1.807, 2.05) is 0 Å². The van der Waals surface area contributed by atoms with Crippen LogP contribution in [-0.4, -0.2) is 22.6 Å². The smallest absolute Gasteiger partial charge is 0.308 e. The molecule has 1 atom stereocenters. The number of fused-ring (bicyclic) bond motifs is 3. The van der Waals surface area contributed by atoms with Gasteiger partial charge in [-0.15, -0.1) is 0 Å². The van der Waals surface area contributed by atoms with E-state index in [4.69, 9.17) is 20.9 Å².